The second kappa shape index (κ2) is 6.19. The Morgan fingerprint density at radius 2 is 2.25 bits per heavy atom. The lowest BCUT2D eigenvalue weighted by molar-refractivity contribution is -0.385. The molecular formula is C14H20N2O4. The molecule has 110 valence electrons. The van der Waals surface area contributed by atoms with Gasteiger partial charge >= 0.3 is 5.69 Å². The van der Waals surface area contributed by atoms with E-state index in [1.54, 1.807) is 6.07 Å². The van der Waals surface area contributed by atoms with Gasteiger partial charge in [-0.05, 0) is 37.4 Å². The highest BCUT2D eigenvalue weighted by Gasteiger charge is 2.30. The Morgan fingerprint density at radius 1 is 1.55 bits per heavy atom. The fraction of sp³-hybridized carbons (Fsp3) is 0.571. The Kier molecular flexibility index (Phi) is 4.57. The van der Waals surface area contributed by atoms with Gasteiger partial charge in [-0.1, -0.05) is 6.07 Å². The second-order valence-corrected chi connectivity index (χ2v) is 5.36. The minimum Gasteiger partial charge on any atom is -0.490 e. The van der Waals surface area contributed by atoms with Crippen LogP contribution < -0.4 is 4.74 Å². The number of nitro benzene ring substituents is 1. The van der Waals surface area contributed by atoms with E-state index in [0.717, 1.165) is 18.4 Å². The zero-order valence-corrected chi connectivity index (χ0v) is 11.8. The van der Waals surface area contributed by atoms with E-state index in [1.165, 1.54) is 13.2 Å². The third-order valence-corrected chi connectivity index (χ3v) is 3.56. The summed E-state index contributed by atoms with van der Waals surface area (Å²) < 4.78 is 4.98. The maximum Gasteiger partial charge on any atom is 0.311 e. The summed E-state index contributed by atoms with van der Waals surface area (Å²) in [6.07, 6.45) is 1.90. The van der Waals surface area contributed by atoms with Gasteiger partial charge in [0, 0.05) is 19.2 Å². The molecule has 0 saturated heterocycles. The van der Waals surface area contributed by atoms with Crippen LogP contribution >= 0.6 is 0 Å². The zero-order valence-electron chi connectivity index (χ0n) is 11.8. The molecule has 0 spiro atoms. The molecule has 0 bridgehead atoms. The van der Waals surface area contributed by atoms with Crippen LogP contribution in [0.4, 0.5) is 5.69 Å². The quantitative estimate of drug-likeness (QED) is 0.609. The maximum absolute atomic E-state index is 11.0. The molecule has 6 heteroatoms. The van der Waals surface area contributed by atoms with Crippen molar-refractivity contribution < 1.29 is 14.8 Å². The Labute approximate surface area is 118 Å². The van der Waals surface area contributed by atoms with Crippen LogP contribution in [0.5, 0.6) is 5.75 Å². The van der Waals surface area contributed by atoms with E-state index in [2.05, 4.69) is 0 Å². The number of nitrogens with zero attached hydrogens (tertiary/aromatic N) is 2. The van der Waals surface area contributed by atoms with Gasteiger partial charge in [0.25, 0.3) is 0 Å². The third kappa shape index (κ3) is 3.68. The number of aliphatic hydroxyl groups excluding tert-OH is 1. The van der Waals surface area contributed by atoms with Crippen LogP contribution in [-0.2, 0) is 6.54 Å². The van der Waals surface area contributed by atoms with E-state index in [9.17, 15) is 15.2 Å². The molecule has 1 aromatic rings. The number of likely N-dealkylation sites (N-methyl/N-ethyl adjacent to an activating group) is 1. The van der Waals surface area contributed by atoms with Crippen molar-refractivity contribution in [2.75, 3.05) is 20.7 Å². The fourth-order valence-corrected chi connectivity index (χ4v) is 2.30. The van der Waals surface area contributed by atoms with Crippen molar-refractivity contribution in [1.29, 1.82) is 0 Å². The van der Waals surface area contributed by atoms with Crippen molar-refractivity contribution in [2.24, 2.45) is 5.92 Å². The molecular weight excluding hydrogens is 260 g/mol. The summed E-state index contributed by atoms with van der Waals surface area (Å²) in [5.74, 6) is 0.696. The largest absolute Gasteiger partial charge is 0.490 e. The summed E-state index contributed by atoms with van der Waals surface area (Å²) in [5, 5.41) is 20.9. The lowest BCUT2D eigenvalue weighted by Crippen LogP contribution is -2.30. The maximum atomic E-state index is 11.0. The van der Waals surface area contributed by atoms with E-state index >= 15 is 0 Å². The van der Waals surface area contributed by atoms with Gasteiger partial charge in [-0.3, -0.25) is 15.0 Å². The standard InChI is InChI=1S/C14H20N2O4/c1-15(9-13(17)11-4-5-11)8-10-3-6-14(20-2)12(7-10)16(18)19/h3,6-7,11,13,17H,4-5,8-9H2,1-2H3. The molecule has 1 N–H and O–H groups in total. The summed E-state index contributed by atoms with van der Waals surface area (Å²) in [6.45, 7) is 1.15. The third-order valence-electron chi connectivity index (χ3n) is 3.56. The van der Waals surface area contributed by atoms with Crippen molar-refractivity contribution in [3.8, 4) is 5.75 Å². The van der Waals surface area contributed by atoms with Crippen LogP contribution in [0.15, 0.2) is 18.2 Å². The van der Waals surface area contributed by atoms with Gasteiger partial charge in [0.05, 0.1) is 18.1 Å². The highest BCUT2D eigenvalue weighted by molar-refractivity contribution is 5.48. The van der Waals surface area contributed by atoms with E-state index < -0.39 is 4.92 Å². The molecule has 1 aliphatic rings. The fourth-order valence-electron chi connectivity index (χ4n) is 2.30. The Balaban J connectivity index is 2.01. The minimum absolute atomic E-state index is 0.0267. The summed E-state index contributed by atoms with van der Waals surface area (Å²) in [7, 11) is 3.32. The lowest BCUT2D eigenvalue weighted by Gasteiger charge is -2.20. The molecule has 6 nitrogen and oxygen atoms in total. The SMILES string of the molecule is COc1ccc(CN(C)CC(O)C2CC2)cc1[N+](=O)[O-]. The molecule has 1 fully saturated rings. The number of hydrogen-bond donors (Lipinski definition) is 1. The monoisotopic (exact) mass is 280 g/mol. The van der Waals surface area contributed by atoms with Crippen LogP contribution in [0.2, 0.25) is 0 Å². The first kappa shape index (κ1) is 14.7. The van der Waals surface area contributed by atoms with Crippen molar-refractivity contribution in [3.05, 3.63) is 33.9 Å². The number of aliphatic hydroxyl groups is 1. The Morgan fingerprint density at radius 3 is 2.80 bits per heavy atom. The van der Waals surface area contributed by atoms with Crippen LogP contribution in [0.1, 0.15) is 18.4 Å². The topological polar surface area (TPSA) is 75.8 Å². The number of nitro groups is 1. The number of benzene rings is 1. The average molecular weight is 280 g/mol. The first-order valence-corrected chi connectivity index (χ1v) is 6.69. The first-order valence-electron chi connectivity index (χ1n) is 6.69. The Bertz CT molecular complexity index is 488. The van der Waals surface area contributed by atoms with Gasteiger partial charge in [0.15, 0.2) is 5.75 Å². The van der Waals surface area contributed by atoms with Crippen LogP contribution in [-0.4, -0.2) is 41.7 Å². The Hall–Kier alpha value is -1.66. The van der Waals surface area contributed by atoms with Gasteiger partial charge < -0.3 is 9.84 Å². The lowest BCUT2D eigenvalue weighted by atomic mass is 10.1. The summed E-state index contributed by atoms with van der Waals surface area (Å²) in [4.78, 5) is 12.5. The molecule has 2 rings (SSSR count). The van der Waals surface area contributed by atoms with Gasteiger partial charge in [0.1, 0.15) is 0 Å². The summed E-state index contributed by atoms with van der Waals surface area (Å²) in [5.41, 5.74) is 0.809. The molecule has 0 radical (unpaired) electrons. The van der Waals surface area contributed by atoms with Gasteiger partial charge in [-0.2, -0.15) is 0 Å². The van der Waals surface area contributed by atoms with E-state index in [1.807, 2.05) is 18.0 Å². The minimum atomic E-state index is -0.443. The van der Waals surface area contributed by atoms with Crippen LogP contribution in [0.3, 0.4) is 0 Å². The molecule has 0 aromatic heterocycles. The van der Waals surface area contributed by atoms with E-state index in [-0.39, 0.29) is 17.5 Å². The summed E-state index contributed by atoms with van der Waals surface area (Å²) >= 11 is 0. The van der Waals surface area contributed by atoms with Gasteiger partial charge in [-0.15, -0.1) is 0 Å². The van der Waals surface area contributed by atoms with Crippen molar-refractivity contribution in [2.45, 2.75) is 25.5 Å². The summed E-state index contributed by atoms with van der Waals surface area (Å²) in [6, 6.07) is 4.95. The van der Waals surface area contributed by atoms with E-state index in [4.69, 9.17) is 4.74 Å². The number of methoxy groups -OCH3 is 1. The van der Waals surface area contributed by atoms with Crippen molar-refractivity contribution >= 4 is 5.69 Å². The highest BCUT2D eigenvalue weighted by Crippen LogP contribution is 2.33. The molecule has 1 unspecified atom stereocenters. The molecule has 1 atom stereocenters. The first-order chi connectivity index (χ1) is 9.51. The highest BCUT2D eigenvalue weighted by atomic mass is 16.6. The predicted molar refractivity (Wildman–Crippen MR) is 74.7 cm³/mol. The smallest absolute Gasteiger partial charge is 0.311 e. The molecule has 0 aliphatic heterocycles. The predicted octanol–water partition coefficient (Wildman–Crippen LogP) is 1.81. The molecule has 1 aromatic carbocycles. The van der Waals surface area contributed by atoms with Gasteiger partial charge in [-0.25, -0.2) is 0 Å². The molecule has 1 saturated carbocycles. The van der Waals surface area contributed by atoms with Crippen molar-refractivity contribution in [1.82, 2.24) is 4.90 Å². The van der Waals surface area contributed by atoms with Crippen LogP contribution in [0, 0.1) is 16.0 Å². The zero-order chi connectivity index (χ0) is 14.7. The molecule has 0 heterocycles. The number of ether oxygens (including phenoxy) is 1. The molecule has 1 aliphatic carbocycles. The molecule has 20 heavy (non-hydrogen) atoms. The van der Waals surface area contributed by atoms with Crippen molar-refractivity contribution in [3.63, 3.8) is 0 Å². The van der Waals surface area contributed by atoms with E-state index in [0.29, 0.717) is 19.0 Å². The van der Waals surface area contributed by atoms with Crippen LogP contribution in [0.25, 0.3) is 0 Å². The number of hydrogen-bond acceptors (Lipinski definition) is 5. The number of rotatable bonds is 7. The normalized spacial score (nSPS) is 16.2. The average Bonchev–Trinajstić information content (AvgIpc) is 3.22. The van der Waals surface area contributed by atoms with Gasteiger partial charge in [0.2, 0.25) is 0 Å². The second-order valence-electron chi connectivity index (χ2n) is 5.36. The molecule has 0 amide bonds.